The Morgan fingerprint density at radius 2 is 1.81 bits per heavy atom. The average molecular weight is 395 g/mol. The molecule has 0 bridgehead atoms. The number of amides is 1. The summed E-state index contributed by atoms with van der Waals surface area (Å²) in [6.07, 6.45) is 1.76. The largest absolute Gasteiger partial charge is 0.347 e. The van der Waals surface area contributed by atoms with Crippen LogP contribution in [0.3, 0.4) is 0 Å². The van der Waals surface area contributed by atoms with Crippen molar-refractivity contribution in [2.75, 3.05) is 13.1 Å². The minimum atomic E-state index is -3.45. The molecule has 0 radical (unpaired) electrons. The molecule has 1 amide bonds. The maximum Gasteiger partial charge on any atom is 0.269 e. The summed E-state index contributed by atoms with van der Waals surface area (Å²) in [6, 6.07) is 8.54. The molecule has 1 aromatic heterocycles. The number of nitro benzene ring substituents is 1. The van der Waals surface area contributed by atoms with Gasteiger partial charge < -0.3 is 5.32 Å². The third kappa shape index (κ3) is 3.92. The zero-order valence-corrected chi connectivity index (χ0v) is 15.4. The molecular weight excluding hydrogens is 378 g/mol. The number of carbonyl (C=O) groups excluding carboxylic acids is 1. The van der Waals surface area contributed by atoms with Gasteiger partial charge in [0.1, 0.15) is 4.21 Å². The number of non-ortho nitro benzene ring substituents is 1. The maximum atomic E-state index is 12.5. The Hall–Kier alpha value is -2.30. The highest BCUT2D eigenvalue weighted by Crippen LogP contribution is 2.27. The van der Waals surface area contributed by atoms with E-state index in [1.165, 1.54) is 28.6 Å². The van der Waals surface area contributed by atoms with Gasteiger partial charge in [-0.05, 0) is 37.1 Å². The van der Waals surface area contributed by atoms with Crippen LogP contribution < -0.4 is 5.32 Å². The first kappa shape index (κ1) is 18.5. The van der Waals surface area contributed by atoms with E-state index in [4.69, 9.17) is 0 Å². The van der Waals surface area contributed by atoms with Crippen molar-refractivity contribution in [1.82, 2.24) is 9.62 Å². The molecule has 0 saturated carbocycles. The number of benzene rings is 1. The van der Waals surface area contributed by atoms with E-state index in [0.717, 1.165) is 29.1 Å². The first-order valence-corrected chi connectivity index (χ1v) is 10.2. The zero-order valence-electron chi connectivity index (χ0n) is 13.8. The fraction of sp³-hybridized carbons (Fsp3) is 0.312. The molecule has 1 saturated heterocycles. The standard InChI is InChI=1S/C16H17N3O5S2/c20-16(12-3-5-13(6-4-12)19(21)22)17-11-14-7-8-15(25-14)26(23,24)18-9-1-2-10-18/h3-8H,1-2,9-11H2,(H,17,20). The van der Waals surface area contributed by atoms with Crippen LogP contribution in [0.5, 0.6) is 0 Å². The number of carbonyl (C=O) groups is 1. The van der Waals surface area contributed by atoms with Crippen LogP contribution in [0, 0.1) is 10.1 Å². The zero-order chi connectivity index (χ0) is 18.7. The first-order valence-electron chi connectivity index (χ1n) is 7.99. The van der Waals surface area contributed by atoms with Crippen molar-refractivity contribution in [3.8, 4) is 0 Å². The number of hydrogen-bond donors (Lipinski definition) is 1. The number of thiophene rings is 1. The lowest BCUT2D eigenvalue weighted by Crippen LogP contribution is -2.27. The monoisotopic (exact) mass is 395 g/mol. The van der Waals surface area contributed by atoms with E-state index in [1.54, 1.807) is 12.1 Å². The normalized spacial score (nSPS) is 15.1. The van der Waals surface area contributed by atoms with Gasteiger partial charge in [0.15, 0.2) is 0 Å². The molecule has 2 heterocycles. The molecule has 0 spiro atoms. The third-order valence-electron chi connectivity index (χ3n) is 4.06. The summed E-state index contributed by atoms with van der Waals surface area (Å²) in [5.74, 6) is -0.378. The van der Waals surface area contributed by atoms with Gasteiger partial charge in [0.2, 0.25) is 0 Å². The van der Waals surface area contributed by atoms with E-state index in [9.17, 15) is 23.3 Å². The van der Waals surface area contributed by atoms with Crippen molar-refractivity contribution in [2.45, 2.75) is 23.6 Å². The Morgan fingerprint density at radius 1 is 1.15 bits per heavy atom. The van der Waals surface area contributed by atoms with Crippen molar-refractivity contribution >= 4 is 33.0 Å². The van der Waals surface area contributed by atoms with E-state index >= 15 is 0 Å². The summed E-state index contributed by atoms with van der Waals surface area (Å²) in [4.78, 5) is 22.9. The fourth-order valence-corrected chi connectivity index (χ4v) is 5.62. The molecule has 26 heavy (non-hydrogen) atoms. The van der Waals surface area contributed by atoms with Gasteiger partial charge in [-0.3, -0.25) is 14.9 Å². The number of nitro groups is 1. The Balaban J connectivity index is 1.62. The lowest BCUT2D eigenvalue weighted by atomic mass is 10.2. The van der Waals surface area contributed by atoms with Crippen molar-refractivity contribution < 1.29 is 18.1 Å². The molecule has 138 valence electrons. The van der Waals surface area contributed by atoms with Crippen LogP contribution in [0.1, 0.15) is 28.1 Å². The maximum absolute atomic E-state index is 12.5. The van der Waals surface area contributed by atoms with Gasteiger partial charge in [0.25, 0.3) is 21.6 Å². The molecule has 0 aliphatic carbocycles. The molecule has 0 unspecified atom stereocenters. The third-order valence-corrected chi connectivity index (χ3v) is 7.51. The number of hydrogen-bond acceptors (Lipinski definition) is 6. The summed E-state index contributed by atoms with van der Waals surface area (Å²) < 4.78 is 26.7. The molecule has 1 aliphatic heterocycles. The Morgan fingerprint density at radius 3 is 2.42 bits per heavy atom. The highest BCUT2D eigenvalue weighted by atomic mass is 32.2. The van der Waals surface area contributed by atoms with E-state index in [1.807, 2.05) is 0 Å². The molecular formula is C16H17N3O5S2. The molecule has 1 fully saturated rings. The van der Waals surface area contributed by atoms with Crippen LogP contribution in [0.2, 0.25) is 0 Å². The second-order valence-electron chi connectivity index (χ2n) is 5.82. The van der Waals surface area contributed by atoms with E-state index in [-0.39, 0.29) is 22.3 Å². The predicted octanol–water partition coefficient (Wildman–Crippen LogP) is 2.37. The summed E-state index contributed by atoms with van der Waals surface area (Å²) >= 11 is 1.14. The van der Waals surface area contributed by atoms with Gasteiger partial charge in [0, 0.05) is 35.7 Å². The molecule has 10 heteroatoms. The molecule has 1 aliphatic rings. The Kier molecular flexibility index (Phi) is 5.35. The van der Waals surface area contributed by atoms with Gasteiger partial charge in [-0.1, -0.05) is 0 Å². The summed E-state index contributed by atoms with van der Waals surface area (Å²) in [7, 11) is -3.45. The molecule has 0 atom stereocenters. The predicted molar refractivity (Wildman–Crippen MR) is 96.6 cm³/mol. The second kappa shape index (κ2) is 7.52. The number of nitrogens with zero attached hydrogens (tertiary/aromatic N) is 2. The number of sulfonamides is 1. The van der Waals surface area contributed by atoms with Crippen LogP contribution in [-0.4, -0.2) is 36.6 Å². The van der Waals surface area contributed by atoms with Gasteiger partial charge in [-0.15, -0.1) is 11.3 Å². The van der Waals surface area contributed by atoms with Crippen LogP contribution in [-0.2, 0) is 16.6 Å². The lowest BCUT2D eigenvalue weighted by molar-refractivity contribution is -0.384. The smallest absolute Gasteiger partial charge is 0.269 e. The number of nitrogens with one attached hydrogen (secondary N) is 1. The highest BCUT2D eigenvalue weighted by Gasteiger charge is 2.28. The summed E-state index contributed by atoms with van der Waals surface area (Å²) in [5.41, 5.74) is 0.216. The van der Waals surface area contributed by atoms with Crippen LogP contribution in [0.25, 0.3) is 0 Å². The Labute approximate surface area is 154 Å². The lowest BCUT2D eigenvalue weighted by Gasteiger charge is -2.13. The molecule has 3 rings (SSSR count). The quantitative estimate of drug-likeness (QED) is 0.596. The van der Waals surface area contributed by atoms with Crippen molar-refractivity contribution in [1.29, 1.82) is 0 Å². The van der Waals surface area contributed by atoms with Crippen molar-refractivity contribution in [3.63, 3.8) is 0 Å². The molecule has 2 aromatic rings. The minimum absolute atomic E-state index is 0.0865. The SMILES string of the molecule is O=C(NCc1ccc(S(=O)(=O)N2CCCC2)s1)c1ccc([N+](=O)[O-])cc1. The van der Waals surface area contributed by atoms with Gasteiger partial charge >= 0.3 is 0 Å². The van der Waals surface area contributed by atoms with Crippen molar-refractivity contribution in [3.05, 3.63) is 57.0 Å². The van der Waals surface area contributed by atoms with Gasteiger partial charge in [-0.2, -0.15) is 4.31 Å². The van der Waals surface area contributed by atoms with E-state index in [0.29, 0.717) is 18.7 Å². The Bertz CT molecular complexity index is 916. The van der Waals surface area contributed by atoms with Crippen molar-refractivity contribution in [2.24, 2.45) is 0 Å². The van der Waals surface area contributed by atoms with Crippen LogP contribution >= 0.6 is 11.3 Å². The average Bonchev–Trinajstić information content (AvgIpc) is 3.32. The molecule has 1 aromatic carbocycles. The molecule has 1 N–H and O–H groups in total. The minimum Gasteiger partial charge on any atom is -0.347 e. The molecule has 8 nitrogen and oxygen atoms in total. The summed E-state index contributed by atoms with van der Waals surface area (Å²) in [5, 5.41) is 13.3. The van der Waals surface area contributed by atoms with Gasteiger partial charge in [0.05, 0.1) is 11.5 Å². The van der Waals surface area contributed by atoms with Gasteiger partial charge in [-0.25, -0.2) is 8.42 Å². The van der Waals surface area contributed by atoms with Crippen LogP contribution in [0.4, 0.5) is 5.69 Å². The highest BCUT2D eigenvalue weighted by molar-refractivity contribution is 7.91. The fourth-order valence-electron chi connectivity index (χ4n) is 2.65. The van der Waals surface area contributed by atoms with E-state index in [2.05, 4.69) is 5.32 Å². The first-order chi connectivity index (χ1) is 12.4. The summed E-state index contributed by atoms with van der Waals surface area (Å²) in [6.45, 7) is 1.29. The van der Waals surface area contributed by atoms with Crippen LogP contribution in [0.15, 0.2) is 40.6 Å². The number of rotatable bonds is 6. The second-order valence-corrected chi connectivity index (χ2v) is 9.15. The van der Waals surface area contributed by atoms with E-state index < -0.39 is 14.9 Å². The topological polar surface area (TPSA) is 110 Å².